The van der Waals surface area contributed by atoms with E-state index in [9.17, 15) is 4.55 Å². The molecule has 0 amide bonds. The quantitative estimate of drug-likeness (QED) is 0.331. The van der Waals surface area contributed by atoms with Crippen LogP contribution in [0.2, 0.25) is 0 Å². The first-order chi connectivity index (χ1) is 18.4. The summed E-state index contributed by atoms with van der Waals surface area (Å²) in [5.74, 6) is 1.55. The van der Waals surface area contributed by atoms with Crippen LogP contribution in [0.25, 0.3) is 33.4 Å². The van der Waals surface area contributed by atoms with Gasteiger partial charge in [-0.3, -0.25) is 0 Å². The van der Waals surface area contributed by atoms with Gasteiger partial charge in [-0.15, -0.1) is 0 Å². The van der Waals surface area contributed by atoms with Gasteiger partial charge in [0.1, 0.15) is 33.8 Å². The number of fused-ring (bicyclic) bond motifs is 1. The maximum Gasteiger partial charge on any atom is 0.163 e. The highest BCUT2D eigenvalue weighted by Crippen LogP contribution is 2.39. The van der Waals surface area contributed by atoms with Crippen LogP contribution in [0.5, 0.6) is 5.75 Å². The van der Waals surface area contributed by atoms with Gasteiger partial charge in [0.2, 0.25) is 0 Å². The Labute approximate surface area is 223 Å². The summed E-state index contributed by atoms with van der Waals surface area (Å²) >= 11 is -1.42. The molecule has 1 saturated heterocycles. The second-order valence-electron chi connectivity index (χ2n) is 9.13. The summed E-state index contributed by atoms with van der Waals surface area (Å²) in [6.07, 6.45) is 1.63. The lowest BCUT2D eigenvalue weighted by Crippen LogP contribution is -2.37. The van der Waals surface area contributed by atoms with Gasteiger partial charge in [-0.1, -0.05) is 12.1 Å². The summed E-state index contributed by atoms with van der Waals surface area (Å²) in [5, 5.41) is 0.550. The number of hydrogen-bond donors (Lipinski definition) is 2. The van der Waals surface area contributed by atoms with E-state index in [4.69, 9.17) is 25.2 Å². The van der Waals surface area contributed by atoms with Crippen LogP contribution in [0, 0.1) is 5.82 Å². The molecule has 3 N–H and O–H groups in total. The number of pyridine rings is 1. The molecular weight excluding hydrogens is 507 g/mol. The summed E-state index contributed by atoms with van der Waals surface area (Å²) < 4.78 is 42.1. The minimum atomic E-state index is -1.42. The lowest BCUT2D eigenvalue weighted by Gasteiger charge is -2.29. The molecule has 1 atom stereocenters. The zero-order valence-corrected chi connectivity index (χ0v) is 22.2. The Balaban J connectivity index is 1.69. The maximum atomic E-state index is 15.7. The normalized spacial score (nSPS) is 14.6. The number of halogens is 1. The van der Waals surface area contributed by atoms with Gasteiger partial charge in [0.15, 0.2) is 11.6 Å². The number of nitrogens with two attached hydrogens (primary N) is 1. The Hall–Kier alpha value is -3.67. The number of ether oxygens (including phenoxy) is 2. The zero-order chi connectivity index (χ0) is 26.8. The van der Waals surface area contributed by atoms with Gasteiger partial charge in [-0.25, -0.2) is 24.1 Å². The highest BCUT2D eigenvalue weighted by Gasteiger charge is 2.23. The fourth-order valence-corrected chi connectivity index (χ4v) is 4.85. The molecule has 0 aliphatic carbocycles. The van der Waals surface area contributed by atoms with Crippen LogP contribution in [-0.4, -0.2) is 58.2 Å². The number of morpholine rings is 1. The summed E-state index contributed by atoms with van der Waals surface area (Å²) in [4.78, 5) is 16.0. The Bertz CT molecular complexity index is 1450. The van der Waals surface area contributed by atoms with E-state index in [2.05, 4.69) is 14.6 Å². The van der Waals surface area contributed by atoms with Gasteiger partial charge < -0.3 is 24.7 Å². The van der Waals surface area contributed by atoms with Crippen LogP contribution in [-0.2, 0) is 16.1 Å². The van der Waals surface area contributed by atoms with E-state index in [0.717, 1.165) is 5.39 Å². The summed E-state index contributed by atoms with van der Waals surface area (Å²) in [5.41, 5.74) is 8.19. The van der Waals surface area contributed by atoms with Crippen molar-refractivity contribution >= 4 is 39.6 Å². The van der Waals surface area contributed by atoms with Crippen molar-refractivity contribution in [3.63, 3.8) is 0 Å². The molecule has 0 bridgehead atoms. The SMILES string of the molecule is COc1cc(-c2cccc(N[S+]([O-])C(C)C)c2F)cc2c(N3CCOCC3)nc(-c3ccc(N)nc3)nc12. The van der Waals surface area contributed by atoms with E-state index in [1.807, 2.05) is 12.1 Å². The summed E-state index contributed by atoms with van der Waals surface area (Å²) in [6.45, 7) is 6.04. The van der Waals surface area contributed by atoms with Crippen molar-refractivity contribution < 1.29 is 18.4 Å². The molecule has 0 spiro atoms. The summed E-state index contributed by atoms with van der Waals surface area (Å²) in [6, 6.07) is 12.1. The summed E-state index contributed by atoms with van der Waals surface area (Å²) in [7, 11) is 1.56. The average Bonchev–Trinajstić information content (AvgIpc) is 2.93. The molecule has 198 valence electrons. The van der Waals surface area contributed by atoms with Crippen molar-refractivity contribution in [3.8, 4) is 28.3 Å². The molecule has 0 radical (unpaired) electrons. The number of benzene rings is 2. The first-order valence-electron chi connectivity index (χ1n) is 12.3. The van der Waals surface area contributed by atoms with Crippen LogP contribution in [0.4, 0.5) is 21.7 Å². The number of aromatic nitrogens is 3. The molecule has 5 rings (SSSR count). The van der Waals surface area contributed by atoms with Gasteiger partial charge in [-0.2, -0.15) is 0 Å². The van der Waals surface area contributed by atoms with Gasteiger partial charge in [0.25, 0.3) is 0 Å². The molecule has 3 heterocycles. The van der Waals surface area contributed by atoms with Gasteiger partial charge in [-0.05, 0) is 49.7 Å². The molecular formula is C27H29FN6O3S. The van der Waals surface area contributed by atoms with E-state index >= 15 is 4.39 Å². The first-order valence-corrected chi connectivity index (χ1v) is 13.5. The monoisotopic (exact) mass is 536 g/mol. The van der Waals surface area contributed by atoms with E-state index in [1.54, 1.807) is 57.5 Å². The van der Waals surface area contributed by atoms with Crippen molar-refractivity contribution in [2.75, 3.05) is 48.8 Å². The van der Waals surface area contributed by atoms with Crippen molar-refractivity contribution in [3.05, 3.63) is 54.5 Å². The van der Waals surface area contributed by atoms with E-state index < -0.39 is 17.2 Å². The molecule has 11 heteroatoms. The van der Waals surface area contributed by atoms with Crippen LogP contribution >= 0.6 is 0 Å². The maximum absolute atomic E-state index is 15.7. The zero-order valence-electron chi connectivity index (χ0n) is 21.4. The second kappa shape index (κ2) is 11.0. The molecule has 4 aromatic rings. The Kier molecular flexibility index (Phi) is 7.50. The molecule has 1 aliphatic heterocycles. The number of nitrogens with one attached hydrogen (secondary N) is 1. The van der Waals surface area contributed by atoms with Crippen molar-refractivity contribution in [2.45, 2.75) is 19.1 Å². The predicted octanol–water partition coefficient (Wildman–Crippen LogP) is 4.41. The minimum Gasteiger partial charge on any atom is -0.593 e. The number of methoxy groups -OCH3 is 1. The Morgan fingerprint density at radius 3 is 2.61 bits per heavy atom. The molecule has 38 heavy (non-hydrogen) atoms. The molecule has 2 aromatic carbocycles. The standard InChI is InChI=1S/C27H29FN6O3S/c1-16(2)38(35)33-21-6-4-5-19(24(21)28)18-13-20-25(22(14-18)36-3)31-26(17-7-8-23(29)30-15-17)32-27(20)34-9-11-37-12-10-34/h4-8,13-16,33H,9-12H2,1-3H3,(H2,29,30). The molecule has 1 unspecified atom stereocenters. The lowest BCUT2D eigenvalue weighted by atomic mass is 10.0. The number of rotatable bonds is 7. The largest absolute Gasteiger partial charge is 0.593 e. The third-order valence-corrected chi connectivity index (χ3v) is 7.55. The van der Waals surface area contributed by atoms with Gasteiger partial charge in [0.05, 0.1) is 31.7 Å². The fraction of sp³-hybridized carbons (Fsp3) is 0.296. The fourth-order valence-electron chi connectivity index (χ4n) is 4.24. The Morgan fingerprint density at radius 2 is 1.92 bits per heavy atom. The van der Waals surface area contributed by atoms with E-state index in [0.29, 0.717) is 71.7 Å². The topological polar surface area (TPSA) is 121 Å². The smallest absolute Gasteiger partial charge is 0.163 e. The van der Waals surface area contributed by atoms with Crippen molar-refractivity contribution in [1.29, 1.82) is 0 Å². The molecule has 2 aromatic heterocycles. The van der Waals surface area contributed by atoms with Crippen LogP contribution in [0.3, 0.4) is 0 Å². The van der Waals surface area contributed by atoms with Gasteiger partial charge in [0, 0.05) is 35.8 Å². The van der Waals surface area contributed by atoms with Crippen LogP contribution in [0.1, 0.15) is 13.8 Å². The molecule has 1 aliphatic rings. The van der Waals surface area contributed by atoms with Crippen LogP contribution < -0.4 is 20.1 Å². The molecule has 1 fully saturated rings. The van der Waals surface area contributed by atoms with Crippen molar-refractivity contribution in [2.24, 2.45) is 0 Å². The second-order valence-corrected chi connectivity index (χ2v) is 10.9. The third kappa shape index (κ3) is 5.17. The van der Waals surface area contributed by atoms with Gasteiger partial charge >= 0.3 is 0 Å². The van der Waals surface area contributed by atoms with Crippen molar-refractivity contribution in [1.82, 2.24) is 15.0 Å². The average molecular weight is 537 g/mol. The molecule has 0 saturated carbocycles. The molecule has 9 nitrogen and oxygen atoms in total. The van der Waals surface area contributed by atoms with E-state index in [1.165, 1.54) is 0 Å². The first kappa shape index (κ1) is 26.0. The number of anilines is 3. The van der Waals surface area contributed by atoms with E-state index in [-0.39, 0.29) is 10.9 Å². The highest BCUT2D eigenvalue weighted by atomic mass is 32.2. The number of nitrogen functional groups attached to an aromatic ring is 1. The lowest BCUT2D eigenvalue weighted by molar-refractivity contribution is 0.122. The number of nitrogens with zero attached hydrogens (tertiary/aromatic N) is 4. The van der Waals surface area contributed by atoms with Crippen LogP contribution in [0.15, 0.2) is 48.7 Å². The third-order valence-electron chi connectivity index (χ3n) is 6.27. The minimum absolute atomic E-state index is 0.169. The number of hydrogen-bond acceptors (Lipinski definition) is 9. The highest BCUT2D eigenvalue weighted by molar-refractivity contribution is 7.93. The predicted molar refractivity (Wildman–Crippen MR) is 149 cm³/mol. The Morgan fingerprint density at radius 1 is 1.13 bits per heavy atom.